The third kappa shape index (κ3) is 6.22. The Hall–Kier alpha value is -3.53. The summed E-state index contributed by atoms with van der Waals surface area (Å²) in [5, 5.41) is 16.1. The van der Waals surface area contributed by atoms with Crippen LogP contribution in [-0.4, -0.2) is 46.3 Å². The zero-order chi connectivity index (χ0) is 29.6. The van der Waals surface area contributed by atoms with Crippen molar-refractivity contribution in [3.63, 3.8) is 0 Å². The molecule has 2 fully saturated rings. The van der Waals surface area contributed by atoms with Crippen LogP contribution in [0.1, 0.15) is 37.8 Å². The van der Waals surface area contributed by atoms with Gasteiger partial charge in [-0.2, -0.15) is 9.78 Å². The number of amides is 1. The van der Waals surface area contributed by atoms with Crippen molar-refractivity contribution in [3.8, 4) is 22.9 Å². The van der Waals surface area contributed by atoms with E-state index in [2.05, 4.69) is 15.1 Å². The number of ether oxygens (including phenoxy) is 1. The molecule has 1 aromatic heterocycles. The molecule has 0 spiro atoms. The molecule has 0 atom stereocenters. The topological polar surface area (TPSA) is 172 Å². The molecule has 0 unspecified atom stereocenters. The van der Waals surface area contributed by atoms with Crippen molar-refractivity contribution in [2.24, 2.45) is 5.92 Å². The van der Waals surface area contributed by atoms with Crippen LogP contribution in [0.3, 0.4) is 0 Å². The monoisotopic (exact) mass is 631 g/mol. The van der Waals surface area contributed by atoms with Crippen LogP contribution in [0.15, 0.2) is 44.8 Å². The molecule has 0 bridgehead atoms. The zero-order valence-corrected chi connectivity index (χ0v) is 23.1. The third-order valence-electron chi connectivity index (χ3n) is 6.48. The predicted molar refractivity (Wildman–Crippen MR) is 142 cm³/mol. The summed E-state index contributed by atoms with van der Waals surface area (Å²) in [6, 6.07) is 5.04. The maximum absolute atomic E-state index is 13.1. The van der Waals surface area contributed by atoms with E-state index in [0.717, 1.165) is 37.1 Å². The standard InChI is InChI=1S/C24H21Cl2F2N5O7S/c25-15-7-13(33-24(37)30-23(36)19(31-33)21(27)28)8-16(26)20(15)40-14-3-4-17(34)18(9-14)41(38,39)32-12-5-11(6-12)29-22(35)10-1-2-10/h3-4,7-12,21,32,34H,1-2,5-6H2,(H,29,35)(H,30,36,37)/t11-,12-. The van der Waals surface area contributed by atoms with Crippen LogP contribution in [-0.2, 0) is 14.8 Å². The number of nitrogens with zero attached hydrogens (tertiary/aromatic N) is 2. The summed E-state index contributed by atoms with van der Waals surface area (Å²) in [6.45, 7) is 0. The van der Waals surface area contributed by atoms with Gasteiger partial charge in [-0.3, -0.25) is 14.6 Å². The number of hydrogen-bond acceptors (Lipinski definition) is 8. The number of nitrogens with one attached hydrogen (secondary N) is 3. The Morgan fingerprint density at radius 3 is 2.39 bits per heavy atom. The summed E-state index contributed by atoms with van der Waals surface area (Å²) in [5.41, 5.74) is -3.82. The number of carbonyl (C=O) groups is 1. The average molecular weight is 632 g/mol. The summed E-state index contributed by atoms with van der Waals surface area (Å²) in [6.07, 6.45) is -0.730. The van der Waals surface area contributed by atoms with Gasteiger partial charge in [-0.1, -0.05) is 23.2 Å². The van der Waals surface area contributed by atoms with Gasteiger partial charge in [-0.15, -0.1) is 0 Å². The van der Waals surface area contributed by atoms with Crippen molar-refractivity contribution in [1.82, 2.24) is 24.8 Å². The second kappa shape index (κ2) is 11.0. The highest BCUT2D eigenvalue weighted by Gasteiger charge is 2.37. The van der Waals surface area contributed by atoms with E-state index in [1.807, 2.05) is 0 Å². The molecule has 0 radical (unpaired) electrons. The number of rotatable bonds is 9. The van der Waals surface area contributed by atoms with E-state index in [1.54, 1.807) is 4.98 Å². The van der Waals surface area contributed by atoms with Crippen LogP contribution in [0.2, 0.25) is 10.0 Å². The molecule has 0 saturated heterocycles. The van der Waals surface area contributed by atoms with Gasteiger partial charge in [0.15, 0.2) is 11.4 Å². The van der Waals surface area contributed by atoms with Gasteiger partial charge in [0.1, 0.15) is 16.4 Å². The normalized spacial score (nSPS) is 18.7. The predicted octanol–water partition coefficient (Wildman–Crippen LogP) is 3.00. The zero-order valence-electron chi connectivity index (χ0n) is 20.7. The molecule has 2 aromatic carbocycles. The summed E-state index contributed by atoms with van der Waals surface area (Å²) in [7, 11) is -4.20. The molecular formula is C24H21Cl2F2N5O7S. The van der Waals surface area contributed by atoms with Gasteiger partial charge in [0.2, 0.25) is 15.9 Å². The van der Waals surface area contributed by atoms with Gasteiger partial charge in [-0.05, 0) is 49.9 Å². The van der Waals surface area contributed by atoms with E-state index >= 15 is 0 Å². The Morgan fingerprint density at radius 2 is 1.78 bits per heavy atom. The van der Waals surface area contributed by atoms with E-state index in [4.69, 9.17) is 27.9 Å². The number of alkyl halides is 2. The first kappa shape index (κ1) is 29.0. The fourth-order valence-electron chi connectivity index (χ4n) is 4.17. The fraction of sp³-hybridized carbons (Fsp3) is 0.333. The first-order valence-electron chi connectivity index (χ1n) is 12.2. The Labute approximate surface area is 240 Å². The van der Waals surface area contributed by atoms with Crippen molar-refractivity contribution < 1.29 is 31.8 Å². The lowest BCUT2D eigenvalue weighted by atomic mass is 9.87. The van der Waals surface area contributed by atoms with E-state index in [-0.39, 0.29) is 45.1 Å². The number of sulfonamides is 1. The van der Waals surface area contributed by atoms with E-state index < -0.39 is 50.1 Å². The fourth-order valence-corrected chi connectivity index (χ4v) is 6.09. The summed E-state index contributed by atoms with van der Waals surface area (Å²) < 4.78 is 60.8. The highest BCUT2D eigenvalue weighted by atomic mass is 35.5. The van der Waals surface area contributed by atoms with Crippen LogP contribution in [0.25, 0.3) is 5.69 Å². The number of H-pyrrole nitrogens is 1. The number of carbonyl (C=O) groups excluding carboxylic acids is 1. The molecule has 2 aliphatic rings. The van der Waals surface area contributed by atoms with Crippen LogP contribution < -0.4 is 26.0 Å². The lowest BCUT2D eigenvalue weighted by Gasteiger charge is -2.36. The minimum Gasteiger partial charge on any atom is -0.507 e. The molecular weight excluding hydrogens is 611 g/mol. The number of aromatic amines is 1. The van der Waals surface area contributed by atoms with Crippen molar-refractivity contribution >= 4 is 39.1 Å². The molecule has 3 aromatic rings. The van der Waals surface area contributed by atoms with Gasteiger partial charge < -0.3 is 15.2 Å². The molecule has 1 heterocycles. The molecule has 12 nitrogen and oxygen atoms in total. The van der Waals surface area contributed by atoms with Crippen molar-refractivity contribution in [2.75, 3.05) is 0 Å². The first-order chi connectivity index (χ1) is 19.3. The second-order valence-corrected chi connectivity index (χ2v) is 12.1. The molecule has 0 aliphatic heterocycles. The molecule has 2 saturated carbocycles. The Kier molecular flexibility index (Phi) is 7.80. The smallest absolute Gasteiger partial charge is 0.349 e. The van der Waals surface area contributed by atoms with Crippen LogP contribution in [0.4, 0.5) is 8.78 Å². The highest BCUT2D eigenvalue weighted by Crippen LogP contribution is 2.40. The molecule has 4 N–H and O–H groups in total. The second-order valence-electron chi connectivity index (χ2n) is 9.60. The van der Waals surface area contributed by atoms with Crippen molar-refractivity contribution in [3.05, 3.63) is 66.9 Å². The SMILES string of the molecule is O=C(N[C@H]1C[C@H](NS(=O)(=O)c2cc(Oc3c(Cl)cc(-n4nc(C(F)F)c(=O)[nH]c4=O)cc3Cl)ccc2O)C1)C1CC1. The number of benzene rings is 2. The third-order valence-corrected chi connectivity index (χ3v) is 8.59. The number of hydrogen-bond donors (Lipinski definition) is 4. The maximum atomic E-state index is 13.1. The van der Waals surface area contributed by atoms with Crippen molar-refractivity contribution in [1.29, 1.82) is 0 Å². The number of halogens is 4. The molecule has 1 amide bonds. The van der Waals surface area contributed by atoms with E-state index in [0.29, 0.717) is 17.5 Å². The van der Waals surface area contributed by atoms with E-state index in [9.17, 15) is 36.7 Å². The van der Waals surface area contributed by atoms with Gasteiger partial charge in [0, 0.05) is 24.1 Å². The number of phenols is 1. The molecule has 218 valence electrons. The molecule has 17 heteroatoms. The summed E-state index contributed by atoms with van der Waals surface area (Å²) in [4.78, 5) is 36.9. The maximum Gasteiger partial charge on any atom is 0.349 e. The molecule has 41 heavy (non-hydrogen) atoms. The largest absolute Gasteiger partial charge is 0.507 e. The first-order valence-corrected chi connectivity index (χ1v) is 14.4. The minimum absolute atomic E-state index is 0.0240. The lowest BCUT2D eigenvalue weighted by Crippen LogP contribution is -2.53. The number of phenolic OH excluding ortho intramolecular Hbond substituents is 1. The number of aromatic hydroxyl groups is 1. The highest BCUT2D eigenvalue weighted by molar-refractivity contribution is 7.89. The Bertz CT molecular complexity index is 1730. The molecule has 2 aliphatic carbocycles. The Balaban J connectivity index is 1.33. The number of aromatic nitrogens is 3. The van der Waals surface area contributed by atoms with Gasteiger partial charge >= 0.3 is 5.69 Å². The average Bonchev–Trinajstić information content (AvgIpc) is 3.71. The van der Waals surface area contributed by atoms with Crippen LogP contribution in [0, 0.1) is 5.92 Å². The van der Waals surface area contributed by atoms with E-state index in [1.165, 1.54) is 6.07 Å². The minimum atomic E-state index is -4.20. The Morgan fingerprint density at radius 1 is 1.12 bits per heavy atom. The lowest BCUT2D eigenvalue weighted by molar-refractivity contribution is -0.123. The van der Waals surface area contributed by atoms with Crippen LogP contribution in [0.5, 0.6) is 17.2 Å². The quantitative estimate of drug-likeness (QED) is 0.279. The van der Waals surface area contributed by atoms with Gasteiger partial charge in [0.05, 0.1) is 15.7 Å². The van der Waals surface area contributed by atoms with Gasteiger partial charge in [0.25, 0.3) is 12.0 Å². The molecule has 5 rings (SSSR count). The summed E-state index contributed by atoms with van der Waals surface area (Å²) in [5.74, 6) is -0.788. The van der Waals surface area contributed by atoms with Crippen LogP contribution >= 0.6 is 23.2 Å². The van der Waals surface area contributed by atoms with Gasteiger partial charge in [-0.25, -0.2) is 26.7 Å². The van der Waals surface area contributed by atoms with Crippen molar-refractivity contribution in [2.45, 2.75) is 49.1 Å². The summed E-state index contributed by atoms with van der Waals surface area (Å²) >= 11 is 12.5.